The Balaban J connectivity index is 2.23. The number of hydrogen-bond acceptors (Lipinski definition) is 2. The Hall–Kier alpha value is -1.87. The summed E-state index contributed by atoms with van der Waals surface area (Å²) >= 11 is 0. The van der Waals surface area contributed by atoms with Crippen LogP contribution in [0.2, 0.25) is 0 Å². The third kappa shape index (κ3) is 4.05. The molecule has 0 aliphatic heterocycles. The van der Waals surface area contributed by atoms with Gasteiger partial charge in [0.1, 0.15) is 5.82 Å². The molecule has 0 aliphatic carbocycles. The molecule has 2 N–H and O–H groups in total. The molecule has 0 bridgehead atoms. The molecule has 2 aromatic carbocycles. The van der Waals surface area contributed by atoms with Crippen LogP contribution in [0.5, 0.6) is 0 Å². The van der Waals surface area contributed by atoms with Crippen LogP contribution in [0.4, 0.5) is 10.1 Å². The zero-order valence-electron chi connectivity index (χ0n) is 12.6. The Morgan fingerprint density at radius 3 is 2.38 bits per heavy atom. The van der Waals surface area contributed by atoms with E-state index in [-0.39, 0.29) is 12.4 Å². The molecule has 112 valence electrons. The lowest BCUT2D eigenvalue weighted by Gasteiger charge is -2.25. The van der Waals surface area contributed by atoms with Crippen molar-refractivity contribution < 1.29 is 4.39 Å². The highest BCUT2D eigenvalue weighted by atomic mass is 19.1. The number of anilines is 1. The standard InChI is InChI=1S/C18H23FN2/c1-2-3-12-21(17-10-5-4-6-11-17)14-16-9-7-8-15(13-20)18(16)19/h4-11H,2-3,12-14,20H2,1H3. The van der Waals surface area contributed by atoms with Gasteiger partial charge in [0, 0.05) is 36.4 Å². The summed E-state index contributed by atoms with van der Waals surface area (Å²) in [5, 5.41) is 0. The van der Waals surface area contributed by atoms with Gasteiger partial charge < -0.3 is 10.6 Å². The predicted octanol–water partition coefficient (Wildman–Crippen LogP) is 4.09. The Bertz CT molecular complexity index is 554. The van der Waals surface area contributed by atoms with Gasteiger partial charge in [-0.2, -0.15) is 0 Å². The highest BCUT2D eigenvalue weighted by Gasteiger charge is 2.12. The van der Waals surface area contributed by atoms with Gasteiger partial charge in [-0.1, -0.05) is 49.7 Å². The number of halogens is 1. The van der Waals surface area contributed by atoms with E-state index in [9.17, 15) is 4.39 Å². The first-order valence-electron chi connectivity index (χ1n) is 7.52. The van der Waals surface area contributed by atoms with Gasteiger partial charge in [0.2, 0.25) is 0 Å². The van der Waals surface area contributed by atoms with Crippen molar-refractivity contribution in [2.45, 2.75) is 32.9 Å². The summed E-state index contributed by atoms with van der Waals surface area (Å²) in [4.78, 5) is 2.22. The van der Waals surface area contributed by atoms with E-state index in [1.54, 1.807) is 6.07 Å². The fourth-order valence-electron chi connectivity index (χ4n) is 2.41. The van der Waals surface area contributed by atoms with Crippen molar-refractivity contribution in [2.75, 3.05) is 11.4 Å². The fourth-order valence-corrected chi connectivity index (χ4v) is 2.41. The Kier molecular flexibility index (Phi) is 5.76. The second-order valence-electron chi connectivity index (χ2n) is 5.21. The number of rotatable bonds is 7. The highest BCUT2D eigenvalue weighted by molar-refractivity contribution is 5.47. The molecule has 0 amide bonds. The molecule has 2 nitrogen and oxygen atoms in total. The van der Waals surface area contributed by atoms with Crippen LogP contribution in [0.1, 0.15) is 30.9 Å². The number of hydrogen-bond donors (Lipinski definition) is 1. The molecule has 3 heteroatoms. The van der Waals surface area contributed by atoms with E-state index in [0.29, 0.717) is 17.7 Å². The van der Waals surface area contributed by atoms with E-state index >= 15 is 0 Å². The topological polar surface area (TPSA) is 29.3 Å². The van der Waals surface area contributed by atoms with Gasteiger partial charge in [0.15, 0.2) is 0 Å². The molecule has 0 aromatic heterocycles. The van der Waals surface area contributed by atoms with Crippen LogP contribution in [-0.4, -0.2) is 6.54 Å². The van der Waals surface area contributed by atoms with Crippen LogP contribution in [0.15, 0.2) is 48.5 Å². The number of nitrogens with zero attached hydrogens (tertiary/aromatic N) is 1. The summed E-state index contributed by atoms with van der Waals surface area (Å²) in [7, 11) is 0. The van der Waals surface area contributed by atoms with Crippen molar-refractivity contribution in [1.82, 2.24) is 0 Å². The lowest BCUT2D eigenvalue weighted by molar-refractivity contribution is 0.586. The monoisotopic (exact) mass is 286 g/mol. The van der Waals surface area contributed by atoms with Gasteiger partial charge >= 0.3 is 0 Å². The molecule has 0 atom stereocenters. The van der Waals surface area contributed by atoms with Crippen LogP contribution < -0.4 is 10.6 Å². The van der Waals surface area contributed by atoms with Crippen molar-refractivity contribution in [1.29, 1.82) is 0 Å². The minimum Gasteiger partial charge on any atom is -0.367 e. The first-order valence-corrected chi connectivity index (χ1v) is 7.52. The minimum absolute atomic E-state index is 0.169. The van der Waals surface area contributed by atoms with Crippen LogP contribution in [0, 0.1) is 5.82 Å². The largest absolute Gasteiger partial charge is 0.367 e. The smallest absolute Gasteiger partial charge is 0.132 e. The normalized spacial score (nSPS) is 10.6. The lowest BCUT2D eigenvalue weighted by Crippen LogP contribution is -2.24. The quantitative estimate of drug-likeness (QED) is 0.830. The summed E-state index contributed by atoms with van der Waals surface area (Å²) in [5.41, 5.74) is 8.00. The molecule has 0 spiro atoms. The predicted molar refractivity (Wildman–Crippen MR) is 86.7 cm³/mol. The van der Waals surface area contributed by atoms with Crippen molar-refractivity contribution >= 4 is 5.69 Å². The van der Waals surface area contributed by atoms with E-state index in [1.807, 2.05) is 30.3 Å². The molecule has 0 radical (unpaired) electrons. The van der Waals surface area contributed by atoms with E-state index in [2.05, 4.69) is 24.0 Å². The Labute approximate surface area is 126 Å². The number of para-hydroxylation sites is 1. The van der Waals surface area contributed by atoms with Gasteiger partial charge in [0.05, 0.1) is 0 Å². The van der Waals surface area contributed by atoms with Crippen molar-refractivity contribution in [2.24, 2.45) is 5.73 Å². The molecule has 2 rings (SSSR count). The summed E-state index contributed by atoms with van der Waals surface area (Å²) in [6.45, 7) is 3.90. The Morgan fingerprint density at radius 1 is 1.00 bits per heavy atom. The average Bonchev–Trinajstić information content (AvgIpc) is 2.53. The lowest BCUT2D eigenvalue weighted by atomic mass is 10.1. The second kappa shape index (κ2) is 7.79. The molecule has 0 fully saturated rings. The van der Waals surface area contributed by atoms with Crippen LogP contribution in [-0.2, 0) is 13.1 Å². The first-order chi connectivity index (χ1) is 10.3. The average molecular weight is 286 g/mol. The summed E-state index contributed by atoms with van der Waals surface area (Å²) in [6.07, 6.45) is 2.21. The van der Waals surface area contributed by atoms with Gasteiger partial charge in [-0.25, -0.2) is 4.39 Å². The molecular formula is C18H23FN2. The number of benzene rings is 2. The van der Waals surface area contributed by atoms with E-state index < -0.39 is 0 Å². The summed E-state index contributed by atoms with van der Waals surface area (Å²) in [5.74, 6) is -0.169. The third-order valence-corrected chi connectivity index (χ3v) is 3.64. The molecule has 2 aromatic rings. The highest BCUT2D eigenvalue weighted by Crippen LogP contribution is 2.20. The van der Waals surface area contributed by atoms with E-state index in [4.69, 9.17) is 5.73 Å². The summed E-state index contributed by atoms with van der Waals surface area (Å²) < 4.78 is 14.4. The maximum atomic E-state index is 14.4. The van der Waals surface area contributed by atoms with E-state index in [1.165, 1.54) is 0 Å². The van der Waals surface area contributed by atoms with Gasteiger partial charge in [-0.15, -0.1) is 0 Å². The number of unbranched alkanes of at least 4 members (excludes halogenated alkanes) is 1. The zero-order chi connectivity index (χ0) is 15.1. The second-order valence-corrected chi connectivity index (χ2v) is 5.21. The maximum Gasteiger partial charge on any atom is 0.132 e. The SMILES string of the molecule is CCCCN(Cc1cccc(CN)c1F)c1ccccc1. The van der Waals surface area contributed by atoms with Crippen molar-refractivity contribution in [3.05, 3.63) is 65.5 Å². The molecular weight excluding hydrogens is 263 g/mol. The Morgan fingerprint density at radius 2 is 1.71 bits per heavy atom. The van der Waals surface area contributed by atoms with Crippen LogP contribution in [0.3, 0.4) is 0 Å². The molecule has 0 aliphatic rings. The van der Waals surface area contributed by atoms with Crippen molar-refractivity contribution in [3.8, 4) is 0 Å². The first kappa shape index (κ1) is 15.5. The molecule has 0 saturated carbocycles. The molecule has 0 heterocycles. The van der Waals surface area contributed by atoms with Crippen molar-refractivity contribution in [3.63, 3.8) is 0 Å². The summed E-state index contributed by atoms with van der Waals surface area (Å²) in [6, 6.07) is 15.6. The minimum atomic E-state index is -0.169. The third-order valence-electron chi connectivity index (χ3n) is 3.64. The van der Waals surface area contributed by atoms with Crippen LogP contribution >= 0.6 is 0 Å². The van der Waals surface area contributed by atoms with Gasteiger partial charge in [-0.05, 0) is 18.6 Å². The zero-order valence-corrected chi connectivity index (χ0v) is 12.6. The number of nitrogens with two attached hydrogens (primary N) is 1. The molecule has 21 heavy (non-hydrogen) atoms. The molecule has 0 unspecified atom stereocenters. The molecule has 0 saturated heterocycles. The fraction of sp³-hybridized carbons (Fsp3) is 0.333. The maximum absolute atomic E-state index is 14.4. The van der Waals surface area contributed by atoms with Gasteiger partial charge in [0.25, 0.3) is 0 Å². The van der Waals surface area contributed by atoms with E-state index in [0.717, 1.165) is 25.1 Å². The van der Waals surface area contributed by atoms with Crippen LogP contribution in [0.25, 0.3) is 0 Å². The van der Waals surface area contributed by atoms with Gasteiger partial charge in [-0.3, -0.25) is 0 Å².